The van der Waals surface area contributed by atoms with E-state index in [-0.39, 0.29) is 0 Å². The molecule has 0 aliphatic heterocycles. The fraction of sp³-hybridized carbons (Fsp3) is 0.308. The molecular weight excluding hydrogens is 184 g/mol. The Morgan fingerprint density at radius 1 is 1.40 bits per heavy atom. The van der Waals surface area contributed by atoms with Crippen LogP contribution in [-0.4, -0.2) is 12.1 Å². The normalized spacial score (nSPS) is 16.7. The Bertz CT molecular complexity index is 390. The Hall–Kier alpha value is -1.59. The third kappa shape index (κ3) is 1.79. The van der Waals surface area contributed by atoms with Crippen molar-refractivity contribution in [1.29, 1.82) is 5.26 Å². The molecular formula is C13H14N2. The van der Waals surface area contributed by atoms with Crippen molar-refractivity contribution in [1.82, 2.24) is 5.32 Å². The molecule has 0 bridgehead atoms. The van der Waals surface area contributed by atoms with Gasteiger partial charge in [0.25, 0.3) is 0 Å². The second-order valence-corrected chi connectivity index (χ2v) is 3.99. The lowest BCUT2D eigenvalue weighted by molar-refractivity contribution is 0.454. The highest BCUT2D eigenvalue weighted by Crippen LogP contribution is 2.29. The molecule has 0 fully saturated rings. The quantitative estimate of drug-likeness (QED) is 0.752. The summed E-state index contributed by atoms with van der Waals surface area (Å²) < 4.78 is 0. The zero-order chi connectivity index (χ0) is 10.7. The fourth-order valence-corrected chi connectivity index (χ4v) is 2.13. The molecule has 1 aliphatic carbocycles. The maximum Gasteiger partial charge on any atom is 0.115 e. The fourth-order valence-electron chi connectivity index (χ4n) is 2.13. The second-order valence-electron chi connectivity index (χ2n) is 3.99. The molecule has 2 rings (SSSR count). The number of nitrogens with one attached hydrogen (secondary N) is 1. The zero-order valence-electron chi connectivity index (χ0n) is 8.66. The monoisotopic (exact) mass is 198 g/mol. The summed E-state index contributed by atoms with van der Waals surface area (Å²) in [5.74, 6) is 0. The van der Waals surface area contributed by atoms with Gasteiger partial charge in [0.1, 0.15) is 5.54 Å². The van der Waals surface area contributed by atoms with Gasteiger partial charge in [-0.25, -0.2) is 0 Å². The number of nitrogens with zero attached hydrogens (tertiary/aromatic N) is 1. The Labute approximate surface area is 90.2 Å². The largest absolute Gasteiger partial charge is 0.295 e. The van der Waals surface area contributed by atoms with E-state index in [1.54, 1.807) is 6.08 Å². The van der Waals surface area contributed by atoms with E-state index in [2.05, 4.69) is 30.1 Å². The van der Waals surface area contributed by atoms with Crippen molar-refractivity contribution in [2.75, 3.05) is 6.54 Å². The summed E-state index contributed by atoms with van der Waals surface area (Å²) in [6.07, 6.45) is 3.39. The highest BCUT2D eigenvalue weighted by molar-refractivity contribution is 5.39. The molecule has 1 aliphatic rings. The van der Waals surface area contributed by atoms with Gasteiger partial charge in [0.15, 0.2) is 0 Å². The molecule has 0 saturated carbocycles. The molecule has 2 heteroatoms. The van der Waals surface area contributed by atoms with E-state index in [0.29, 0.717) is 6.54 Å². The second kappa shape index (κ2) is 3.88. The van der Waals surface area contributed by atoms with Crippen LogP contribution in [0.25, 0.3) is 0 Å². The van der Waals surface area contributed by atoms with Gasteiger partial charge in [-0.05, 0) is 11.1 Å². The minimum absolute atomic E-state index is 0.419. The maximum absolute atomic E-state index is 9.27. The number of rotatable bonds is 3. The van der Waals surface area contributed by atoms with Crippen molar-refractivity contribution < 1.29 is 0 Å². The lowest BCUT2D eigenvalue weighted by Crippen LogP contribution is -2.44. The predicted molar refractivity (Wildman–Crippen MR) is 60.4 cm³/mol. The Morgan fingerprint density at radius 2 is 2.00 bits per heavy atom. The average molecular weight is 198 g/mol. The van der Waals surface area contributed by atoms with Crippen LogP contribution in [0.5, 0.6) is 0 Å². The molecule has 1 aromatic rings. The number of nitriles is 1. The molecule has 2 nitrogen and oxygen atoms in total. The van der Waals surface area contributed by atoms with Crippen LogP contribution in [0.2, 0.25) is 0 Å². The number of fused-ring (bicyclic) bond motifs is 1. The maximum atomic E-state index is 9.27. The van der Waals surface area contributed by atoms with E-state index in [1.807, 2.05) is 12.1 Å². The average Bonchev–Trinajstić information content (AvgIpc) is 2.65. The highest BCUT2D eigenvalue weighted by Gasteiger charge is 2.36. The third-order valence-corrected chi connectivity index (χ3v) is 2.90. The van der Waals surface area contributed by atoms with Crippen LogP contribution in [0.4, 0.5) is 0 Å². The van der Waals surface area contributed by atoms with Gasteiger partial charge in [0, 0.05) is 19.4 Å². The van der Waals surface area contributed by atoms with E-state index >= 15 is 0 Å². The van der Waals surface area contributed by atoms with Crippen molar-refractivity contribution in [2.45, 2.75) is 18.4 Å². The van der Waals surface area contributed by atoms with Crippen molar-refractivity contribution in [2.24, 2.45) is 0 Å². The van der Waals surface area contributed by atoms with E-state index < -0.39 is 5.54 Å². The molecule has 0 unspecified atom stereocenters. The van der Waals surface area contributed by atoms with Gasteiger partial charge in [-0.3, -0.25) is 5.32 Å². The lowest BCUT2D eigenvalue weighted by Gasteiger charge is -2.20. The topological polar surface area (TPSA) is 35.8 Å². The van der Waals surface area contributed by atoms with Crippen molar-refractivity contribution in [3.05, 3.63) is 48.0 Å². The Morgan fingerprint density at radius 3 is 2.47 bits per heavy atom. The molecule has 0 spiro atoms. The van der Waals surface area contributed by atoms with Crippen LogP contribution in [0.3, 0.4) is 0 Å². The summed E-state index contributed by atoms with van der Waals surface area (Å²) in [6.45, 7) is 4.35. The number of hydrogen-bond acceptors (Lipinski definition) is 2. The van der Waals surface area contributed by atoms with Gasteiger partial charge >= 0.3 is 0 Å². The summed E-state index contributed by atoms with van der Waals surface area (Å²) in [5, 5.41) is 12.5. The summed E-state index contributed by atoms with van der Waals surface area (Å²) in [7, 11) is 0. The first-order chi connectivity index (χ1) is 7.29. The minimum atomic E-state index is -0.419. The first kappa shape index (κ1) is 9.95. The molecule has 0 amide bonds. The molecule has 0 saturated heterocycles. The van der Waals surface area contributed by atoms with E-state index in [9.17, 15) is 5.26 Å². The summed E-state index contributed by atoms with van der Waals surface area (Å²) >= 11 is 0. The van der Waals surface area contributed by atoms with Crippen molar-refractivity contribution >= 4 is 0 Å². The smallest absolute Gasteiger partial charge is 0.115 e. The van der Waals surface area contributed by atoms with Crippen molar-refractivity contribution in [3.63, 3.8) is 0 Å². The Kier molecular flexibility index (Phi) is 2.57. The van der Waals surface area contributed by atoms with Gasteiger partial charge < -0.3 is 0 Å². The van der Waals surface area contributed by atoms with Gasteiger partial charge in [0.2, 0.25) is 0 Å². The molecule has 1 aromatic carbocycles. The van der Waals surface area contributed by atoms with E-state index in [0.717, 1.165) is 12.8 Å². The molecule has 0 aromatic heterocycles. The number of hydrogen-bond donors (Lipinski definition) is 1. The molecule has 1 N–H and O–H groups in total. The van der Waals surface area contributed by atoms with Gasteiger partial charge in [-0.2, -0.15) is 5.26 Å². The molecule has 15 heavy (non-hydrogen) atoms. The summed E-state index contributed by atoms with van der Waals surface area (Å²) in [6, 6.07) is 10.7. The lowest BCUT2D eigenvalue weighted by atomic mass is 9.98. The predicted octanol–water partition coefficient (Wildman–Crippen LogP) is 1.82. The van der Waals surface area contributed by atoms with Crippen molar-refractivity contribution in [3.8, 4) is 6.07 Å². The number of benzene rings is 1. The summed E-state index contributed by atoms with van der Waals surface area (Å²) in [4.78, 5) is 0. The summed E-state index contributed by atoms with van der Waals surface area (Å²) in [5.41, 5.74) is 2.16. The van der Waals surface area contributed by atoms with Crippen LogP contribution in [-0.2, 0) is 12.8 Å². The van der Waals surface area contributed by atoms with E-state index in [1.165, 1.54) is 11.1 Å². The third-order valence-electron chi connectivity index (χ3n) is 2.90. The van der Waals surface area contributed by atoms with Crippen LogP contribution in [0.15, 0.2) is 36.9 Å². The standard InChI is InChI=1S/C13H14N2/c1-2-7-15-13(10-14)8-11-5-3-4-6-12(11)9-13/h2-6,15H,1,7-9H2. The SMILES string of the molecule is C=CCNC1(C#N)Cc2ccccc2C1. The van der Waals surface area contributed by atoms with Crippen LogP contribution >= 0.6 is 0 Å². The first-order valence-electron chi connectivity index (χ1n) is 5.14. The molecule has 76 valence electrons. The Balaban J connectivity index is 2.22. The molecule has 0 atom stereocenters. The van der Waals surface area contributed by atoms with Crippen LogP contribution in [0, 0.1) is 11.3 Å². The van der Waals surface area contributed by atoms with Gasteiger partial charge in [-0.1, -0.05) is 30.3 Å². The first-order valence-corrected chi connectivity index (χ1v) is 5.14. The zero-order valence-corrected chi connectivity index (χ0v) is 8.66. The van der Waals surface area contributed by atoms with E-state index in [4.69, 9.17) is 0 Å². The minimum Gasteiger partial charge on any atom is -0.295 e. The van der Waals surface area contributed by atoms with Crippen LogP contribution < -0.4 is 5.32 Å². The molecule has 0 radical (unpaired) electrons. The highest BCUT2D eigenvalue weighted by atomic mass is 15.0. The molecule has 0 heterocycles. The van der Waals surface area contributed by atoms with Gasteiger partial charge in [-0.15, -0.1) is 6.58 Å². The van der Waals surface area contributed by atoms with Crippen LogP contribution in [0.1, 0.15) is 11.1 Å². The van der Waals surface area contributed by atoms with Gasteiger partial charge in [0.05, 0.1) is 6.07 Å².